The fraction of sp³-hybridized carbons (Fsp3) is 1.00. The molecule has 1 aliphatic carbocycles. The van der Waals surface area contributed by atoms with Crippen LogP contribution in [-0.4, -0.2) is 17.3 Å². The van der Waals surface area contributed by atoms with Gasteiger partial charge in [-0.15, -0.1) is 0 Å². The summed E-state index contributed by atoms with van der Waals surface area (Å²) in [5, 5.41) is 8.50. The maximum atomic E-state index is 8.50. The van der Waals surface area contributed by atoms with Crippen molar-refractivity contribution in [1.29, 1.82) is 0 Å². The molecule has 0 atom stereocenters. The Morgan fingerprint density at radius 1 is 1.50 bits per heavy atom. The summed E-state index contributed by atoms with van der Waals surface area (Å²) in [5.41, 5.74) is 6.88. The van der Waals surface area contributed by atoms with Crippen LogP contribution in [0, 0.1) is 0 Å². The molecule has 1 rings (SSSR count). The van der Waals surface area contributed by atoms with Gasteiger partial charge in [0, 0.05) is 6.04 Å². The van der Waals surface area contributed by atoms with Crippen LogP contribution in [-0.2, 0) is 0 Å². The van der Waals surface area contributed by atoms with Gasteiger partial charge in [-0.05, 0) is 12.8 Å². The molecule has 2 heteroatoms. The lowest BCUT2D eigenvalue weighted by Crippen LogP contribution is -2.33. The molecule has 2 N–H and O–H groups in total. The Bertz CT molecular complexity index is 43.5. The Labute approximate surface area is 37.0 Å². The maximum absolute atomic E-state index is 8.50. The van der Waals surface area contributed by atoms with Crippen molar-refractivity contribution < 1.29 is 5.11 Å². The van der Waals surface area contributed by atoms with Gasteiger partial charge in [-0.25, -0.2) is 0 Å². The van der Waals surface area contributed by atoms with Crippen molar-refractivity contribution in [2.45, 2.75) is 25.0 Å². The van der Waals surface area contributed by atoms with Gasteiger partial charge in [0.15, 0.2) is 0 Å². The van der Waals surface area contributed by atoms with Crippen molar-refractivity contribution in [3.05, 3.63) is 0 Å². The molecule has 6 heavy (non-hydrogen) atoms. The van der Waals surface area contributed by atoms with Crippen LogP contribution in [0.25, 0.3) is 0 Å². The molecule has 0 saturated heterocycles. The molecular formula is C4H8NO. The van der Waals surface area contributed by atoms with Gasteiger partial charge in [0.25, 0.3) is 0 Å². The summed E-state index contributed by atoms with van der Waals surface area (Å²) in [6.07, 6.45) is 1.24. The highest BCUT2D eigenvalue weighted by molar-refractivity contribution is 4.80. The van der Waals surface area contributed by atoms with Gasteiger partial charge in [0.05, 0.1) is 6.10 Å². The third-order valence-electron chi connectivity index (χ3n) is 1.11. The molecule has 1 radical (unpaired) electrons. The number of hydrogen-bond acceptors (Lipinski definition) is 1. The molecular weight excluding hydrogens is 78.0 g/mol. The quantitative estimate of drug-likeness (QED) is 0.435. The van der Waals surface area contributed by atoms with Gasteiger partial charge in [-0.3, -0.25) is 5.73 Å². The number of aliphatic hydroxyl groups excluding tert-OH is 1. The van der Waals surface area contributed by atoms with Gasteiger partial charge in [0.2, 0.25) is 0 Å². The minimum atomic E-state index is -0.146. The summed E-state index contributed by atoms with van der Waals surface area (Å²) in [4.78, 5) is 0. The van der Waals surface area contributed by atoms with E-state index in [0.717, 1.165) is 0 Å². The average Bonchev–Trinajstić information content (AvgIpc) is 1.33. The summed E-state index contributed by atoms with van der Waals surface area (Å²) in [6.45, 7) is 0. The molecule has 0 amide bonds. The van der Waals surface area contributed by atoms with E-state index < -0.39 is 0 Å². The Morgan fingerprint density at radius 2 is 2.00 bits per heavy atom. The summed E-state index contributed by atoms with van der Waals surface area (Å²) in [5.74, 6) is 0. The van der Waals surface area contributed by atoms with E-state index in [2.05, 4.69) is 0 Å². The summed E-state index contributed by atoms with van der Waals surface area (Å²) >= 11 is 0. The number of rotatable bonds is 0. The van der Waals surface area contributed by atoms with Gasteiger partial charge < -0.3 is 5.11 Å². The highest BCUT2D eigenvalue weighted by Crippen LogP contribution is 2.17. The first-order chi connectivity index (χ1) is 2.79. The van der Waals surface area contributed by atoms with E-state index in [-0.39, 0.29) is 12.1 Å². The second-order valence-corrected chi connectivity index (χ2v) is 1.82. The smallest absolute Gasteiger partial charge is 0.0571 e. The first-order valence-corrected chi connectivity index (χ1v) is 2.18. The summed E-state index contributed by atoms with van der Waals surface area (Å²) in [7, 11) is 0. The minimum absolute atomic E-state index is 0.0417. The zero-order valence-electron chi connectivity index (χ0n) is 3.52. The Hall–Kier alpha value is -0.0800. The third-order valence-corrected chi connectivity index (χ3v) is 1.11. The van der Waals surface area contributed by atoms with Crippen LogP contribution in [0.1, 0.15) is 12.8 Å². The average molecular weight is 86.1 g/mol. The fourth-order valence-corrected chi connectivity index (χ4v) is 0.588. The lowest BCUT2D eigenvalue weighted by molar-refractivity contribution is 0.0745. The molecule has 0 unspecified atom stereocenters. The molecule has 0 aromatic rings. The molecule has 0 spiro atoms. The lowest BCUT2D eigenvalue weighted by Gasteiger charge is -2.26. The zero-order chi connectivity index (χ0) is 4.57. The van der Waals surface area contributed by atoms with Gasteiger partial charge in [0.1, 0.15) is 0 Å². The van der Waals surface area contributed by atoms with E-state index in [1.807, 2.05) is 0 Å². The van der Waals surface area contributed by atoms with E-state index in [1.54, 1.807) is 0 Å². The summed E-state index contributed by atoms with van der Waals surface area (Å²) in [6, 6.07) is 0.0417. The number of hydrogen-bond donors (Lipinski definition) is 1. The molecule has 2 nitrogen and oxygen atoms in total. The van der Waals surface area contributed by atoms with E-state index in [1.165, 1.54) is 0 Å². The largest absolute Gasteiger partial charge is 0.393 e. The molecule has 0 aromatic carbocycles. The van der Waals surface area contributed by atoms with E-state index >= 15 is 0 Å². The second kappa shape index (κ2) is 1.21. The fourth-order valence-electron chi connectivity index (χ4n) is 0.588. The topological polar surface area (TPSA) is 44.0 Å². The van der Waals surface area contributed by atoms with Crippen LogP contribution in [0.3, 0.4) is 0 Å². The Morgan fingerprint density at radius 3 is 2.00 bits per heavy atom. The normalized spacial score (nSPS) is 45.0. The van der Waals surface area contributed by atoms with Crippen molar-refractivity contribution in [2.75, 3.05) is 0 Å². The SMILES string of the molecule is [NH]C1CC(O)C1. The first kappa shape index (κ1) is 4.09. The van der Waals surface area contributed by atoms with E-state index in [4.69, 9.17) is 10.8 Å². The van der Waals surface area contributed by atoms with Crippen molar-refractivity contribution in [1.82, 2.24) is 5.73 Å². The van der Waals surface area contributed by atoms with Crippen LogP contribution in [0.2, 0.25) is 0 Å². The molecule has 1 saturated carbocycles. The molecule has 0 aromatic heterocycles. The van der Waals surface area contributed by atoms with Crippen molar-refractivity contribution in [3.8, 4) is 0 Å². The van der Waals surface area contributed by atoms with E-state index in [9.17, 15) is 0 Å². The maximum Gasteiger partial charge on any atom is 0.0571 e. The highest BCUT2D eigenvalue weighted by atomic mass is 16.3. The van der Waals surface area contributed by atoms with E-state index in [0.29, 0.717) is 12.8 Å². The summed E-state index contributed by atoms with van der Waals surface area (Å²) < 4.78 is 0. The predicted octanol–water partition coefficient (Wildman–Crippen LogP) is -0.207. The molecule has 1 fully saturated rings. The van der Waals surface area contributed by atoms with Crippen LogP contribution < -0.4 is 5.73 Å². The van der Waals surface area contributed by atoms with Gasteiger partial charge in [-0.1, -0.05) is 0 Å². The third kappa shape index (κ3) is 0.533. The molecule has 0 aliphatic heterocycles. The van der Waals surface area contributed by atoms with Crippen LogP contribution in [0.4, 0.5) is 0 Å². The van der Waals surface area contributed by atoms with Crippen LogP contribution in [0.15, 0.2) is 0 Å². The Kier molecular flexibility index (Phi) is 0.821. The predicted molar refractivity (Wildman–Crippen MR) is 22.1 cm³/mol. The lowest BCUT2D eigenvalue weighted by atomic mass is 9.91. The molecule has 35 valence electrons. The zero-order valence-corrected chi connectivity index (χ0v) is 3.52. The Balaban J connectivity index is 2.11. The minimum Gasteiger partial charge on any atom is -0.393 e. The van der Waals surface area contributed by atoms with Crippen LogP contribution >= 0.6 is 0 Å². The monoisotopic (exact) mass is 86.1 g/mol. The van der Waals surface area contributed by atoms with Crippen molar-refractivity contribution >= 4 is 0 Å². The van der Waals surface area contributed by atoms with Crippen molar-refractivity contribution in [3.63, 3.8) is 0 Å². The van der Waals surface area contributed by atoms with Crippen LogP contribution in [0.5, 0.6) is 0 Å². The number of nitrogens with one attached hydrogen (secondary N) is 1. The van der Waals surface area contributed by atoms with Gasteiger partial charge in [-0.2, -0.15) is 0 Å². The number of aliphatic hydroxyl groups is 1. The first-order valence-electron chi connectivity index (χ1n) is 2.18. The molecule has 1 aliphatic rings. The van der Waals surface area contributed by atoms with Gasteiger partial charge >= 0.3 is 0 Å². The highest BCUT2D eigenvalue weighted by Gasteiger charge is 2.23. The molecule has 0 bridgehead atoms. The standard InChI is InChI=1S/C4H8NO/c5-3-1-4(6)2-3/h3-6H,1-2H2. The van der Waals surface area contributed by atoms with Crippen molar-refractivity contribution in [2.24, 2.45) is 0 Å². The second-order valence-electron chi connectivity index (χ2n) is 1.82. The molecule has 0 heterocycles.